The molecule has 2 amide bonds. The average Bonchev–Trinajstić information content (AvgIpc) is 2.86. The number of nitrogens with zero attached hydrogens (tertiary/aromatic N) is 4. The fourth-order valence-corrected chi connectivity index (χ4v) is 2.71. The molecule has 1 unspecified atom stereocenters. The maximum Gasteiger partial charge on any atom is 0.317 e. The topological polar surface area (TPSA) is 61.4 Å². The Balaban J connectivity index is 1.70. The van der Waals surface area contributed by atoms with Crippen LogP contribution in [0.15, 0.2) is 18.6 Å². The van der Waals surface area contributed by atoms with E-state index in [-0.39, 0.29) is 6.03 Å². The van der Waals surface area contributed by atoms with Gasteiger partial charge >= 0.3 is 6.03 Å². The molecule has 2 aliphatic heterocycles. The first-order valence-corrected chi connectivity index (χ1v) is 6.40. The van der Waals surface area contributed by atoms with Crippen molar-refractivity contribution in [3.63, 3.8) is 0 Å². The molecule has 2 fully saturated rings. The van der Waals surface area contributed by atoms with Crippen molar-refractivity contribution in [2.75, 3.05) is 31.1 Å². The van der Waals surface area contributed by atoms with Gasteiger partial charge in [0.2, 0.25) is 0 Å². The summed E-state index contributed by atoms with van der Waals surface area (Å²) in [5.74, 6) is 0.904. The van der Waals surface area contributed by atoms with Gasteiger partial charge in [0.1, 0.15) is 5.82 Å². The lowest BCUT2D eigenvalue weighted by atomic mass is 10.0. The second kappa shape index (κ2) is 4.80. The monoisotopic (exact) mass is 247 g/mol. The molecular formula is C12H17N5O. The van der Waals surface area contributed by atoms with Crippen LogP contribution in [0.2, 0.25) is 0 Å². The van der Waals surface area contributed by atoms with Gasteiger partial charge in [-0.2, -0.15) is 0 Å². The Morgan fingerprint density at radius 1 is 1.33 bits per heavy atom. The van der Waals surface area contributed by atoms with Crippen molar-refractivity contribution in [1.29, 1.82) is 0 Å². The van der Waals surface area contributed by atoms with Gasteiger partial charge in [-0.05, 0) is 12.8 Å². The molecule has 18 heavy (non-hydrogen) atoms. The number of aromatic nitrogens is 2. The van der Waals surface area contributed by atoms with Crippen molar-refractivity contribution < 1.29 is 4.79 Å². The minimum Gasteiger partial charge on any atom is -0.353 e. The number of piperidine rings is 1. The van der Waals surface area contributed by atoms with Crippen molar-refractivity contribution >= 4 is 11.8 Å². The normalized spacial score (nSPS) is 24.2. The zero-order valence-electron chi connectivity index (χ0n) is 10.2. The van der Waals surface area contributed by atoms with Crippen molar-refractivity contribution in [3.05, 3.63) is 18.6 Å². The molecule has 1 aromatic rings. The van der Waals surface area contributed by atoms with Gasteiger partial charge in [-0.25, -0.2) is 9.78 Å². The van der Waals surface area contributed by atoms with E-state index in [1.807, 2.05) is 4.90 Å². The number of hydrogen-bond donors (Lipinski definition) is 1. The van der Waals surface area contributed by atoms with E-state index in [4.69, 9.17) is 0 Å². The van der Waals surface area contributed by atoms with Gasteiger partial charge < -0.3 is 15.1 Å². The van der Waals surface area contributed by atoms with E-state index in [2.05, 4.69) is 20.2 Å². The predicted molar refractivity (Wildman–Crippen MR) is 67.4 cm³/mol. The lowest BCUT2D eigenvalue weighted by Gasteiger charge is -2.37. The van der Waals surface area contributed by atoms with Gasteiger partial charge in [-0.3, -0.25) is 4.98 Å². The second-order valence-electron chi connectivity index (χ2n) is 4.73. The quantitative estimate of drug-likeness (QED) is 0.825. The summed E-state index contributed by atoms with van der Waals surface area (Å²) in [5.41, 5.74) is 0. The third kappa shape index (κ3) is 2.10. The number of anilines is 1. The van der Waals surface area contributed by atoms with Crippen LogP contribution in [0.5, 0.6) is 0 Å². The number of urea groups is 1. The molecule has 0 radical (unpaired) electrons. The molecule has 2 aliphatic rings. The average molecular weight is 247 g/mol. The molecule has 1 aromatic heterocycles. The van der Waals surface area contributed by atoms with Gasteiger partial charge in [0.25, 0.3) is 0 Å². The molecular weight excluding hydrogens is 230 g/mol. The molecule has 6 nitrogen and oxygen atoms in total. The van der Waals surface area contributed by atoms with E-state index in [1.165, 1.54) is 0 Å². The van der Waals surface area contributed by atoms with Gasteiger partial charge in [0, 0.05) is 38.6 Å². The summed E-state index contributed by atoms with van der Waals surface area (Å²) in [5, 5.41) is 2.86. The third-order valence-electron chi connectivity index (χ3n) is 3.60. The summed E-state index contributed by atoms with van der Waals surface area (Å²) >= 11 is 0. The first-order chi connectivity index (χ1) is 8.84. The predicted octanol–water partition coefficient (Wildman–Crippen LogP) is 0.471. The lowest BCUT2D eigenvalue weighted by Crippen LogP contribution is -2.49. The third-order valence-corrected chi connectivity index (χ3v) is 3.60. The number of carbonyl (C=O) groups is 1. The molecule has 0 bridgehead atoms. The fraction of sp³-hybridized carbons (Fsp3) is 0.583. The SMILES string of the molecule is O=C1NCCN1C1CCCN(c2cnccn2)C1. The Morgan fingerprint density at radius 2 is 2.28 bits per heavy atom. The van der Waals surface area contributed by atoms with Gasteiger partial charge in [0.05, 0.1) is 12.2 Å². The Hall–Kier alpha value is -1.85. The van der Waals surface area contributed by atoms with Crippen LogP contribution in [0.4, 0.5) is 10.6 Å². The van der Waals surface area contributed by atoms with Crippen LogP contribution in [0, 0.1) is 0 Å². The van der Waals surface area contributed by atoms with Gasteiger partial charge in [0.15, 0.2) is 0 Å². The highest BCUT2D eigenvalue weighted by Crippen LogP contribution is 2.21. The van der Waals surface area contributed by atoms with Crippen LogP contribution in [0.1, 0.15) is 12.8 Å². The van der Waals surface area contributed by atoms with E-state index >= 15 is 0 Å². The van der Waals surface area contributed by atoms with E-state index in [0.29, 0.717) is 6.04 Å². The zero-order chi connectivity index (χ0) is 12.4. The molecule has 96 valence electrons. The largest absolute Gasteiger partial charge is 0.353 e. The van der Waals surface area contributed by atoms with Crippen LogP contribution in [0.25, 0.3) is 0 Å². The van der Waals surface area contributed by atoms with E-state index in [9.17, 15) is 4.79 Å². The molecule has 1 N–H and O–H groups in total. The molecule has 0 aliphatic carbocycles. The minimum absolute atomic E-state index is 0.0704. The molecule has 0 aromatic carbocycles. The highest BCUT2D eigenvalue weighted by molar-refractivity contribution is 5.76. The van der Waals surface area contributed by atoms with E-state index in [0.717, 1.165) is 44.8 Å². The van der Waals surface area contributed by atoms with Crippen molar-refractivity contribution in [3.8, 4) is 0 Å². The molecule has 0 saturated carbocycles. The lowest BCUT2D eigenvalue weighted by molar-refractivity contribution is 0.189. The number of amides is 2. The van der Waals surface area contributed by atoms with E-state index < -0.39 is 0 Å². The van der Waals surface area contributed by atoms with Crippen molar-refractivity contribution in [2.24, 2.45) is 0 Å². The zero-order valence-corrected chi connectivity index (χ0v) is 10.2. The highest BCUT2D eigenvalue weighted by Gasteiger charge is 2.31. The standard InChI is InChI=1S/C12H17N5O/c18-12-15-5-7-17(12)10-2-1-6-16(9-10)11-8-13-3-4-14-11/h3-4,8,10H,1-2,5-7,9H2,(H,15,18). The Kier molecular flexibility index (Phi) is 3.00. The first kappa shape index (κ1) is 11.3. The Labute approximate surface area is 106 Å². The summed E-state index contributed by atoms with van der Waals surface area (Å²) in [6, 6.07) is 0.365. The van der Waals surface area contributed by atoms with Gasteiger partial charge in [-0.15, -0.1) is 0 Å². The number of carbonyl (C=O) groups excluding carboxylic acids is 1. The van der Waals surface area contributed by atoms with E-state index in [1.54, 1.807) is 18.6 Å². The van der Waals surface area contributed by atoms with Crippen LogP contribution in [0.3, 0.4) is 0 Å². The minimum atomic E-state index is 0.0704. The molecule has 3 heterocycles. The first-order valence-electron chi connectivity index (χ1n) is 6.40. The molecule has 1 atom stereocenters. The molecule has 3 rings (SSSR count). The summed E-state index contributed by atoms with van der Waals surface area (Å²) in [6.07, 6.45) is 7.34. The summed E-state index contributed by atoms with van der Waals surface area (Å²) < 4.78 is 0. The fourth-order valence-electron chi connectivity index (χ4n) is 2.71. The molecule has 2 saturated heterocycles. The number of nitrogens with one attached hydrogen (secondary N) is 1. The summed E-state index contributed by atoms with van der Waals surface area (Å²) in [4.78, 5) is 24.3. The highest BCUT2D eigenvalue weighted by atomic mass is 16.2. The van der Waals surface area contributed by atoms with Crippen LogP contribution in [-0.4, -0.2) is 53.1 Å². The van der Waals surface area contributed by atoms with Crippen LogP contribution in [-0.2, 0) is 0 Å². The molecule has 0 spiro atoms. The van der Waals surface area contributed by atoms with Crippen molar-refractivity contribution in [1.82, 2.24) is 20.2 Å². The maximum absolute atomic E-state index is 11.7. The van der Waals surface area contributed by atoms with Crippen molar-refractivity contribution in [2.45, 2.75) is 18.9 Å². The second-order valence-corrected chi connectivity index (χ2v) is 4.73. The molecule has 6 heteroatoms. The summed E-state index contributed by atoms with van der Waals surface area (Å²) in [7, 11) is 0. The summed E-state index contributed by atoms with van der Waals surface area (Å²) in [6.45, 7) is 3.43. The van der Waals surface area contributed by atoms with Crippen LogP contribution >= 0.6 is 0 Å². The van der Waals surface area contributed by atoms with Crippen LogP contribution < -0.4 is 10.2 Å². The smallest absolute Gasteiger partial charge is 0.317 e. The number of hydrogen-bond acceptors (Lipinski definition) is 4. The van der Waals surface area contributed by atoms with Gasteiger partial charge in [-0.1, -0.05) is 0 Å². The number of rotatable bonds is 2. The maximum atomic E-state index is 11.7. The Bertz CT molecular complexity index is 424. The Morgan fingerprint density at radius 3 is 3.00 bits per heavy atom.